The largest absolute Gasteiger partial charge is 0.383 e. The summed E-state index contributed by atoms with van der Waals surface area (Å²) in [6, 6.07) is 14.3. The molecular weight excluding hydrogens is 350 g/mol. The first-order chi connectivity index (χ1) is 13.5. The van der Waals surface area contributed by atoms with Crippen molar-refractivity contribution in [3.8, 4) is 22.4 Å². The predicted octanol–water partition coefficient (Wildman–Crippen LogP) is 3.80. The molecule has 0 bridgehead atoms. The van der Waals surface area contributed by atoms with Gasteiger partial charge in [-0.1, -0.05) is 29.8 Å². The molecule has 0 spiro atoms. The third-order valence-corrected chi connectivity index (χ3v) is 5.32. The lowest BCUT2D eigenvalue weighted by Gasteiger charge is -2.07. The highest BCUT2D eigenvalue weighted by Crippen LogP contribution is 2.37. The first kappa shape index (κ1) is 18.1. The lowest BCUT2D eigenvalue weighted by Crippen LogP contribution is -2.22. The molecule has 0 fully saturated rings. The number of imidazole rings is 1. The van der Waals surface area contributed by atoms with E-state index in [9.17, 15) is 4.79 Å². The van der Waals surface area contributed by atoms with Crippen molar-refractivity contribution in [3.05, 3.63) is 58.5 Å². The molecule has 0 radical (unpaired) electrons. The van der Waals surface area contributed by atoms with Gasteiger partial charge in [0.25, 0.3) is 0 Å². The molecule has 0 saturated carbocycles. The fourth-order valence-corrected chi connectivity index (χ4v) is 3.90. The van der Waals surface area contributed by atoms with Gasteiger partial charge < -0.3 is 5.73 Å². The molecule has 4 aromatic rings. The maximum Gasteiger partial charge on any atom is 0.329 e. The minimum Gasteiger partial charge on any atom is -0.383 e. The zero-order valence-corrected chi connectivity index (χ0v) is 16.7. The number of nitrogens with zero attached hydrogens (tertiary/aromatic N) is 4. The summed E-state index contributed by atoms with van der Waals surface area (Å²) in [5.74, 6) is 0.608. The Morgan fingerprint density at radius 3 is 2.36 bits per heavy atom. The molecule has 0 saturated heterocycles. The Kier molecular flexibility index (Phi) is 4.34. The molecule has 6 heteroatoms. The van der Waals surface area contributed by atoms with Crippen LogP contribution in [-0.4, -0.2) is 18.9 Å². The monoisotopic (exact) mass is 375 g/mol. The molecule has 0 aliphatic rings. The number of hydrogen-bond donors (Lipinski definition) is 1. The van der Waals surface area contributed by atoms with E-state index in [2.05, 4.69) is 30.2 Å². The van der Waals surface area contributed by atoms with Gasteiger partial charge in [-0.05, 0) is 44.5 Å². The van der Waals surface area contributed by atoms with E-state index in [1.54, 1.807) is 13.8 Å². The number of aryl methyl sites for hydroxylation is 4. The van der Waals surface area contributed by atoms with Crippen LogP contribution in [0, 0.1) is 6.92 Å². The number of benzene rings is 2. The number of fused-ring (bicyclic) bond motifs is 1. The summed E-state index contributed by atoms with van der Waals surface area (Å²) in [7, 11) is 1.85. The Balaban J connectivity index is 2.00. The smallest absolute Gasteiger partial charge is 0.329 e. The zero-order chi connectivity index (χ0) is 20.0. The van der Waals surface area contributed by atoms with E-state index in [1.807, 2.05) is 45.2 Å². The number of anilines is 1. The molecule has 0 unspecified atom stereocenters. The number of nitrogen functional groups attached to an aromatic ring is 1. The van der Waals surface area contributed by atoms with Gasteiger partial charge in [0.15, 0.2) is 0 Å². The van der Waals surface area contributed by atoms with Crippen LogP contribution >= 0.6 is 0 Å². The van der Waals surface area contributed by atoms with Crippen LogP contribution in [0.15, 0.2) is 47.3 Å². The lowest BCUT2D eigenvalue weighted by atomic mass is 9.99. The van der Waals surface area contributed by atoms with Crippen LogP contribution in [-0.2, 0) is 20.1 Å². The molecule has 0 atom stereocenters. The molecule has 4 rings (SSSR count). The first-order valence-electron chi connectivity index (χ1n) is 9.59. The molecule has 2 heterocycles. The van der Waals surface area contributed by atoms with E-state index in [1.165, 1.54) is 5.56 Å². The van der Waals surface area contributed by atoms with Crippen LogP contribution in [0.25, 0.3) is 33.4 Å². The molecule has 6 nitrogen and oxygen atoms in total. The van der Waals surface area contributed by atoms with Gasteiger partial charge in [0.05, 0.1) is 16.6 Å². The van der Waals surface area contributed by atoms with Gasteiger partial charge in [0, 0.05) is 25.7 Å². The molecule has 0 amide bonds. The summed E-state index contributed by atoms with van der Waals surface area (Å²) >= 11 is 0. The third kappa shape index (κ3) is 2.64. The second-order valence-corrected chi connectivity index (χ2v) is 7.08. The lowest BCUT2D eigenvalue weighted by molar-refractivity contribution is 0.671. The van der Waals surface area contributed by atoms with E-state index in [0.717, 1.165) is 33.4 Å². The van der Waals surface area contributed by atoms with Crippen molar-refractivity contribution in [2.45, 2.75) is 33.9 Å². The van der Waals surface area contributed by atoms with E-state index in [4.69, 9.17) is 5.73 Å². The van der Waals surface area contributed by atoms with Gasteiger partial charge in [-0.25, -0.2) is 4.79 Å². The fourth-order valence-electron chi connectivity index (χ4n) is 3.90. The molecule has 0 aliphatic heterocycles. The van der Waals surface area contributed by atoms with Gasteiger partial charge in [-0.3, -0.25) is 13.8 Å². The topological polar surface area (TPSA) is 70.8 Å². The Bertz CT molecular complexity index is 1240. The summed E-state index contributed by atoms with van der Waals surface area (Å²) in [5, 5.41) is 4.68. The maximum absolute atomic E-state index is 12.7. The number of hydrogen-bond acceptors (Lipinski definition) is 3. The minimum absolute atomic E-state index is 0.0233. The second kappa shape index (κ2) is 6.71. The summed E-state index contributed by atoms with van der Waals surface area (Å²) < 4.78 is 5.32. The number of aromatic nitrogens is 4. The standard InChI is InChI=1S/C22H25N5O/c1-5-26-17-11-10-15(13-18(17)27(6-2)22(26)28)19-20(24-25(4)21(19)23)16-9-7-8-14(3)12-16/h7-13H,5-6,23H2,1-4H3. The molecule has 144 valence electrons. The Labute approximate surface area is 163 Å². The van der Waals surface area contributed by atoms with Gasteiger partial charge in [0.2, 0.25) is 0 Å². The molecule has 28 heavy (non-hydrogen) atoms. The highest BCUT2D eigenvalue weighted by molar-refractivity contribution is 5.92. The average Bonchev–Trinajstić information content (AvgIpc) is 3.13. The Hall–Kier alpha value is -3.28. The van der Waals surface area contributed by atoms with Crippen LogP contribution in [0.4, 0.5) is 5.82 Å². The molecule has 2 N–H and O–H groups in total. The Morgan fingerprint density at radius 1 is 0.964 bits per heavy atom. The van der Waals surface area contributed by atoms with Crippen LogP contribution in [0.2, 0.25) is 0 Å². The van der Waals surface area contributed by atoms with Crippen molar-refractivity contribution >= 4 is 16.9 Å². The first-order valence-corrected chi connectivity index (χ1v) is 9.59. The van der Waals surface area contributed by atoms with Crippen molar-refractivity contribution in [1.82, 2.24) is 18.9 Å². The summed E-state index contributed by atoms with van der Waals surface area (Å²) in [5.41, 5.74) is 13.2. The fraction of sp³-hybridized carbons (Fsp3) is 0.273. The molecule has 2 aromatic heterocycles. The maximum atomic E-state index is 12.7. The average molecular weight is 375 g/mol. The minimum atomic E-state index is 0.0233. The van der Waals surface area contributed by atoms with E-state index < -0.39 is 0 Å². The second-order valence-electron chi connectivity index (χ2n) is 7.08. The van der Waals surface area contributed by atoms with Crippen LogP contribution < -0.4 is 11.4 Å². The van der Waals surface area contributed by atoms with E-state index >= 15 is 0 Å². The van der Waals surface area contributed by atoms with Crippen molar-refractivity contribution in [3.63, 3.8) is 0 Å². The molecule has 2 aromatic carbocycles. The zero-order valence-electron chi connectivity index (χ0n) is 16.7. The highest BCUT2D eigenvalue weighted by Gasteiger charge is 2.19. The molecule has 0 aliphatic carbocycles. The quantitative estimate of drug-likeness (QED) is 0.590. The van der Waals surface area contributed by atoms with Crippen LogP contribution in [0.3, 0.4) is 0 Å². The van der Waals surface area contributed by atoms with Crippen molar-refractivity contribution in [2.24, 2.45) is 7.05 Å². The van der Waals surface area contributed by atoms with Gasteiger partial charge >= 0.3 is 5.69 Å². The van der Waals surface area contributed by atoms with Crippen LogP contribution in [0.1, 0.15) is 19.4 Å². The Morgan fingerprint density at radius 2 is 1.68 bits per heavy atom. The predicted molar refractivity (Wildman–Crippen MR) is 114 cm³/mol. The van der Waals surface area contributed by atoms with Crippen molar-refractivity contribution in [2.75, 3.05) is 5.73 Å². The number of rotatable bonds is 4. The molecular formula is C22H25N5O. The third-order valence-electron chi connectivity index (χ3n) is 5.32. The van der Waals surface area contributed by atoms with E-state index in [0.29, 0.717) is 18.9 Å². The van der Waals surface area contributed by atoms with Crippen LogP contribution in [0.5, 0.6) is 0 Å². The summed E-state index contributed by atoms with van der Waals surface area (Å²) in [6.45, 7) is 7.31. The van der Waals surface area contributed by atoms with E-state index in [-0.39, 0.29) is 5.69 Å². The summed E-state index contributed by atoms with van der Waals surface area (Å²) in [4.78, 5) is 12.7. The van der Waals surface area contributed by atoms with Crippen molar-refractivity contribution in [1.29, 1.82) is 0 Å². The highest BCUT2D eigenvalue weighted by atomic mass is 16.1. The number of nitrogens with two attached hydrogens (primary N) is 1. The SMILES string of the molecule is CCn1c(=O)n(CC)c2cc(-c3c(-c4cccc(C)c4)nn(C)c3N)ccc21. The van der Waals surface area contributed by atoms with Crippen molar-refractivity contribution < 1.29 is 0 Å². The van der Waals surface area contributed by atoms with Gasteiger partial charge in [0.1, 0.15) is 11.5 Å². The van der Waals surface area contributed by atoms with Gasteiger partial charge in [-0.15, -0.1) is 0 Å². The summed E-state index contributed by atoms with van der Waals surface area (Å²) in [6.07, 6.45) is 0. The normalized spacial score (nSPS) is 11.4. The van der Waals surface area contributed by atoms with Gasteiger partial charge in [-0.2, -0.15) is 5.10 Å².